The van der Waals surface area contributed by atoms with Crippen molar-refractivity contribution in [3.05, 3.63) is 52.1 Å². The Bertz CT molecular complexity index is 785. The van der Waals surface area contributed by atoms with Gasteiger partial charge in [0.15, 0.2) is 11.2 Å². The molecule has 2 aromatic heterocycles. The van der Waals surface area contributed by atoms with E-state index in [1.807, 2.05) is 31.2 Å². The fraction of sp³-hybridized carbons (Fsp3) is 0.154. The Kier molecular flexibility index (Phi) is 2.56. The second kappa shape index (κ2) is 4.24. The number of H-pyrrole nitrogens is 1. The van der Waals surface area contributed by atoms with Gasteiger partial charge in [0.2, 0.25) is 5.95 Å². The van der Waals surface area contributed by atoms with E-state index >= 15 is 0 Å². The lowest BCUT2D eigenvalue weighted by atomic mass is 10.1. The molecule has 0 aliphatic rings. The Morgan fingerprint density at radius 3 is 2.79 bits per heavy atom. The van der Waals surface area contributed by atoms with Crippen molar-refractivity contribution in [2.24, 2.45) is 0 Å². The Labute approximate surface area is 108 Å². The van der Waals surface area contributed by atoms with Crippen LogP contribution in [0.5, 0.6) is 0 Å². The summed E-state index contributed by atoms with van der Waals surface area (Å²) in [5.41, 5.74) is 8.49. The molecule has 0 radical (unpaired) electrons. The summed E-state index contributed by atoms with van der Waals surface area (Å²) in [6.45, 7) is 2.41. The first-order valence-corrected chi connectivity index (χ1v) is 5.90. The molecule has 2 heterocycles. The number of imidazole rings is 1. The Morgan fingerprint density at radius 1 is 1.32 bits per heavy atom. The van der Waals surface area contributed by atoms with Gasteiger partial charge in [-0.05, 0) is 12.5 Å². The summed E-state index contributed by atoms with van der Waals surface area (Å²) >= 11 is 0. The van der Waals surface area contributed by atoms with E-state index in [9.17, 15) is 4.79 Å². The molecule has 0 spiro atoms. The molecule has 0 saturated heterocycles. The minimum atomic E-state index is -0.232. The molecule has 0 bridgehead atoms. The summed E-state index contributed by atoms with van der Waals surface area (Å²) in [6.07, 6.45) is 1.44. The summed E-state index contributed by atoms with van der Waals surface area (Å²) in [4.78, 5) is 23.1. The lowest BCUT2D eigenvalue weighted by Gasteiger charge is -2.08. The Hall–Kier alpha value is -2.63. The maximum absolute atomic E-state index is 12.2. The molecule has 0 atom stereocenters. The van der Waals surface area contributed by atoms with Crippen molar-refractivity contribution in [1.29, 1.82) is 0 Å². The second-order valence-electron chi connectivity index (χ2n) is 4.45. The fourth-order valence-corrected chi connectivity index (χ4v) is 1.96. The van der Waals surface area contributed by atoms with Crippen LogP contribution in [0.15, 0.2) is 35.4 Å². The van der Waals surface area contributed by atoms with Crippen LogP contribution < -0.4 is 11.3 Å². The smallest absolute Gasteiger partial charge is 0.283 e. The number of rotatable bonds is 2. The molecule has 0 unspecified atom stereocenters. The topological polar surface area (TPSA) is 89.6 Å². The van der Waals surface area contributed by atoms with Crippen LogP contribution in [0.25, 0.3) is 11.2 Å². The third kappa shape index (κ3) is 1.97. The van der Waals surface area contributed by atoms with Crippen LogP contribution >= 0.6 is 0 Å². The van der Waals surface area contributed by atoms with Crippen molar-refractivity contribution >= 4 is 17.1 Å². The highest BCUT2D eigenvalue weighted by Gasteiger charge is 2.10. The predicted molar refractivity (Wildman–Crippen MR) is 72.8 cm³/mol. The normalized spacial score (nSPS) is 11.0. The van der Waals surface area contributed by atoms with Gasteiger partial charge in [0.25, 0.3) is 5.56 Å². The van der Waals surface area contributed by atoms with E-state index in [1.54, 1.807) is 0 Å². The fourth-order valence-electron chi connectivity index (χ4n) is 1.96. The summed E-state index contributed by atoms with van der Waals surface area (Å²) < 4.78 is 1.42. The summed E-state index contributed by atoms with van der Waals surface area (Å²) in [7, 11) is 0. The first-order chi connectivity index (χ1) is 9.15. The number of anilines is 1. The summed E-state index contributed by atoms with van der Waals surface area (Å²) in [5.74, 6) is 0.183. The van der Waals surface area contributed by atoms with Gasteiger partial charge in [-0.1, -0.05) is 29.8 Å². The molecule has 0 aliphatic carbocycles. The highest BCUT2D eigenvalue weighted by Crippen LogP contribution is 2.09. The number of nitrogen functional groups attached to an aromatic ring is 1. The number of fused-ring (bicyclic) bond motifs is 1. The minimum absolute atomic E-state index is 0.183. The van der Waals surface area contributed by atoms with Crippen molar-refractivity contribution in [3.8, 4) is 0 Å². The van der Waals surface area contributed by atoms with Crippen LogP contribution in [0, 0.1) is 6.92 Å². The number of nitrogens with zero attached hydrogens (tertiary/aromatic N) is 3. The molecule has 0 aliphatic heterocycles. The van der Waals surface area contributed by atoms with E-state index < -0.39 is 0 Å². The lowest BCUT2D eigenvalue weighted by Crippen LogP contribution is -2.25. The maximum Gasteiger partial charge on any atom is 0.283 e. The number of aromatic amines is 1. The molecule has 0 amide bonds. The summed E-state index contributed by atoms with van der Waals surface area (Å²) in [6, 6.07) is 7.93. The molecule has 96 valence electrons. The van der Waals surface area contributed by atoms with Crippen molar-refractivity contribution in [2.45, 2.75) is 13.5 Å². The zero-order valence-electron chi connectivity index (χ0n) is 10.4. The van der Waals surface area contributed by atoms with Gasteiger partial charge in [0.05, 0.1) is 12.9 Å². The molecule has 1 aromatic carbocycles. The number of aromatic nitrogens is 4. The number of hydrogen-bond donors (Lipinski definition) is 2. The van der Waals surface area contributed by atoms with Gasteiger partial charge in [0.1, 0.15) is 0 Å². The van der Waals surface area contributed by atoms with Gasteiger partial charge in [-0.2, -0.15) is 4.98 Å². The average Bonchev–Trinajstić information content (AvgIpc) is 2.85. The van der Waals surface area contributed by atoms with E-state index in [0.717, 1.165) is 5.56 Å². The number of nitrogens with two attached hydrogens (primary N) is 1. The van der Waals surface area contributed by atoms with Crippen LogP contribution in [0.3, 0.4) is 0 Å². The monoisotopic (exact) mass is 255 g/mol. The van der Waals surface area contributed by atoms with Crippen molar-refractivity contribution in [1.82, 2.24) is 19.5 Å². The van der Waals surface area contributed by atoms with Crippen molar-refractivity contribution in [2.75, 3.05) is 5.73 Å². The SMILES string of the molecule is Cc1ccc(Cn2c(N)nc3[nH]cnc3c2=O)cc1. The van der Waals surface area contributed by atoms with Gasteiger partial charge in [-0.3, -0.25) is 9.36 Å². The van der Waals surface area contributed by atoms with E-state index in [1.165, 1.54) is 16.5 Å². The highest BCUT2D eigenvalue weighted by molar-refractivity contribution is 5.69. The maximum atomic E-state index is 12.2. The van der Waals surface area contributed by atoms with E-state index in [2.05, 4.69) is 15.0 Å². The predicted octanol–water partition coefficient (Wildman–Crippen LogP) is 1.06. The van der Waals surface area contributed by atoms with Crippen LogP contribution in [-0.4, -0.2) is 19.5 Å². The van der Waals surface area contributed by atoms with Gasteiger partial charge < -0.3 is 10.7 Å². The van der Waals surface area contributed by atoms with Gasteiger partial charge in [-0.25, -0.2) is 4.98 Å². The first-order valence-electron chi connectivity index (χ1n) is 5.90. The van der Waals surface area contributed by atoms with Crippen LogP contribution in [0.1, 0.15) is 11.1 Å². The zero-order valence-corrected chi connectivity index (χ0v) is 10.4. The molecule has 0 saturated carbocycles. The van der Waals surface area contributed by atoms with Gasteiger partial charge in [0, 0.05) is 0 Å². The third-order valence-corrected chi connectivity index (χ3v) is 3.03. The largest absolute Gasteiger partial charge is 0.369 e. The molecular formula is C13H13N5O. The standard InChI is InChI=1S/C13H13N5O/c1-8-2-4-9(5-3-8)6-18-12(19)10-11(16-7-15-10)17-13(18)14/h2-5,7H,6H2,1H3,(H2,14,17)(H,15,16). The number of hydrogen-bond acceptors (Lipinski definition) is 4. The summed E-state index contributed by atoms with van der Waals surface area (Å²) in [5, 5.41) is 0. The minimum Gasteiger partial charge on any atom is -0.369 e. The molecule has 6 heteroatoms. The number of benzene rings is 1. The Balaban J connectivity index is 2.09. The Morgan fingerprint density at radius 2 is 2.05 bits per heavy atom. The molecule has 3 N–H and O–H groups in total. The van der Waals surface area contributed by atoms with Crippen LogP contribution in [-0.2, 0) is 6.54 Å². The first kappa shape index (κ1) is 11.5. The van der Waals surface area contributed by atoms with Crippen LogP contribution in [0.4, 0.5) is 5.95 Å². The molecule has 6 nitrogen and oxygen atoms in total. The molecule has 19 heavy (non-hydrogen) atoms. The lowest BCUT2D eigenvalue weighted by molar-refractivity contribution is 0.761. The molecule has 3 rings (SSSR count). The van der Waals surface area contributed by atoms with E-state index in [0.29, 0.717) is 17.7 Å². The van der Waals surface area contributed by atoms with Gasteiger partial charge in [-0.15, -0.1) is 0 Å². The molecule has 3 aromatic rings. The zero-order chi connectivity index (χ0) is 13.4. The molecular weight excluding hydrogens is 242 g/mol. The second-order valence-corrected chi connectivity index (χ2v) is 4.45. The average molecular weight is 255 g/mol. The highest BCUT2D eigenvalue weighted by atomic mass is 16.1. The van der Waals surface area contributed by atoms with E-state index in [-0.39, 0.29) is 11.5 Å². The quantitative estimate of drug-likeness (QED) is 0.716. The third-order valence-electron chi connectivity index (χ3n) is 3.03. The van der Waals surface area contributed by atoms with Crippen molar-refractivity contribution in [3.63, 3.8) is 0 Å². The molecule has 0 fully saturated rings. The van der Waals surface area contributed by atoms with Crippen molar-refractivity contribution < 1.29 is 0 Å². The van der Waals surface area contributed by atoms with E-state index in [4.69, 9.17) is 5.73 Å². The van der Waals surface area contributed by atoms with Crippen LogP contribution in [0.2, 0.25) is 0 Å². The number of nitrogens with one attached hydrogen (secondary N) is 1. The number of aryl methyl sites for hydroxylation is 1. The van der Waals surface area contributed by atoms with Gasteiger partial charge >= 0.3 is 0 Å².